The lowest BCUT2D eigenvalue weighted by molar-refractivity contribution is 0.669. The molecule has 6 rings (SSSR count). The monoisotopic (exact) mass is 438 g/mol. The van der Waals surface area contributed by atoms with Gasteiger partial charge in [0.1, 0.15) is 11.2 Å². The van der Waals surface area contributed by atoms with Crippen LogP contribution in [0.15, 0.2) is 120 Å². The van der Waals surface area contributed by atoms with Crippen LogP contribution in [0.3, 0.4) is 0 Å². The molecular weight excluding hydrogens is 412 g/mol. The molecule has 0 spiro atoms. The molecule has 0 aliphatic heterocycles. The number of furan rings is 1. The second-order valence-electron chi connectivity index (χ2n) is 9.25. The Bertz CT molecular complexity index is 1620. The highest BCUT2D eigenvalue weighted by atomic mass is 16.3. The summed E-state index contributed by atoms with van der Waals surface area (Å²) in [5, 5.41) is 2.32. The molecule has 0 N–H and O–H groups in total. The summed E-state index contributed by atoms with van der Waals surface area (Å²) in [7, 11) is 0. The van der Waals surface area contributed by atoms with E-state index >= 15 is 0 Å². The zero-order valence-corrected chi connectivity index (χ0v) is 19.5. The van der Waals surface area contributed by atoms with E-state index in [0.717, 1.165) is 21.9 Å². The van der Waals surface area contributed by atoms with Crippen molar-refractivity contribution in [1.82, 2.24) is 0 Å². The molecule has 0 aliphatic rings. The van der Waals surface area contributed by atoms with Crippen LogP contribution in [-0.2, 0) is 0 Å². The third-order valence-electron chi connectivity index (χ3n) is 6.68. The normalized spacial score (nSPS) is 11.5. The SMILES string of the molecule is CC(C)c1ccc(-c2cccc(-c3cccc(-c4ccc5oc6ccccc6c5c4)c3)c2)cc1. The second kappa shape index (κ2) is 8.35. The number of para-hydroxylation sites is 1. The Labute approximate surface area is 200 Å². The minimum atomic E-state index is 0.544. The summed E-state index contributed by atoms with van der Waals surface area (Å²) in [6.07, 6.45) is 0. The fourth-order valence-electron chi connectivity index (χ4n) is 4.72. The van der Waals surface area contributed by atoms with Crippen molar-refractivity contribution in [1.29, 1.82) is 0 Å². The highest BCUT2D eigenvalue weighted by Gasteiger charge is 2.09. The van der Waals surface area contributed by atoms with Crippen molar-refractivity contribution in [2.75, 3.05) is 0 Å². The average Bonchev–Trinajstić information content (AvgIpc) is 3.27. The maximum atomic E-state index is 6.01. The molecule has 0 bridgehead atoms. The summed E-state index contributed by atoms with van der Waals surface area (Å²) < 4.78 is 6.01. The highest BCUT2D eigenvalue weighted by Crippen LogP contribution is 2.34. The van der Waals surface area contributed by atoms with Crippen molar-refractivity contribution in [3.63, 3.8) is 0 Å². The fourth-order valence-corrected chi connectivity index (χ4v) is 4.72. The molecule has 0 fully saturated rings. The highest BCUT2D eigenvalue weighted by molar-refractivity contribution is 6.06. The van der Waals surface area contributed by atoms with Crippen molar-refractivity contribution in [3.8, 4) is 33.4 Å². The molecule has 0 amide bonds. The molecule has 1 nitrogen and oxygen atoms in total. The maximum Gasteiger partial charge on any atom is 0.135 e. The zero-order chi connectivity index (χ0) is 23.1. The lowest BCUT2D eigenvalue weighted by atomic mass is 9.94. The largest absolute Gasteiger partial charge is 0.456 e. The van der Waals surface area contributed by atoms with Crippen LogP contribution < -0.4 is 0 Å². The summed E-state index contributed by atoms with van der Waals surface area (Å²) in [6.45, 7) is 4.46. The molecule has 1 aromatic heterocycles. The third-order valence-corrected chi connectivity index (χ3v) is 6.68. The molecule has 6 aromatic rings. The zero-order valence-electron chi connectivity index (χ0n) is 19.5. The second-order valence-corrected chi connectivity index (χ2v) is 9.25. The predicted molar refractivity (Wildman–Crippen MR) is 144 cm³/mol. The van der Waals surface area contributed by atoms with Gasteiger partial charge in [0.25, 0.3) is 0 Å². The van der Waals surface area contributed by atoms with Gasteiger partial charge in [0, 0.05) is 10.8 Å². The molecule has 0 aliphatic carbocycles. The van der Waals surface area contributed by atoms with E-state index in [1.54, 1.807) is 0 Å². The van der Waals surface area contributed by atoms with E-state index in [4.69, 9.17) is 4.42 Å². The van der Waals surface area contributed by atoms with Gasteiger partial charge in [-0.1, -0.05) is 98.8 Å². The summed E-state index contributed by atoms with van der Waals surface area (Å²) in [5.74, 6) is 0.544. The molecule has 34 heavy (non-hydrogen) atoms. The molecule has 0 radical (unpaired) electrons. The van der Waals surface area contributed by atoms with E-state index in [0.29, 0.717) is 5.92 Å². The molecule has 164 valence electrons. The van der Waals surface area contributed by atoms with Gasteiger partial charge in [-0.2, -0.15) is 0 Å². The van der Waals surface area contributed by atoms with Crippen molar-refractivity contribution in [2.24, 2.45) is 0 Å². The van der Waals surface area contributed by atoms with Crippen molar-refractivity contribution >= 4 is 21.9 Å². The fraction of sp³-hybridized carbons (Fsp3) is 0.0909. The molecule has 0 atom stereocenters. The molecular formula is C33H26O. The molecule has 0 saturated heterocycles. The summed E-state index contributed by atoms with van der Waals surface area (Å²) in [6, 6.07) is 41.3. The van der Waals surface area contributed by atoms with Crippen molar-refractivity contribution in [3.05, 3.63) is 121 Å². The van der Waals surface area contributed by atoms with Crippen molar-refractivity contribution < 1.29 is 4.42 Å². The van der Waals surface area contributed by atoms with Gasteiger partial charge in [-0.15, -0.1) is 0 Å². The molecule has 1 heterocycles. The van der Waals surface area contributed by atoms with Gasteiger partial charge >= 0.3 is 0 Å². The first kappa shape index (κ1) is 20.5. The van der Waals surface area contributed by atoms with Gasteiger partial charge in [-0.25, -0.2) is 0 Å². The van der Waals surface area contributed by atoms with E-state index in [9.17, 15) is 0 Å². The number of hydrogen-bond acceptors (Lipinski definition) is 1. The van der Waals surface area contributed by atoms with Crippen LogP contribution in [0, 0.1) is 0 Å². The minimum absolute atomic E-state index is 0.544. The first-order chi connectivity index (χ1) is 16.7. The molecule has 0 unspecified atom stereocenters. The van der Waals surface area contributed by atoms with Crippen LogP contribution in [0.1, 0.15) is 25.3 Å². The van der Waals surface area contributed by atoms with E-state index < -0.39 is 0 Å². The number of rotatable bonds is 4. The Morgan fingerprint density at radius 1 is 0.441 bits per heavy atom. The standard InChI is InChI=1S/C33H26O/c1-22(2)23-13-15-24(16-14-23)25-7-5-8-26(19-25)27-9-6-10-28(20-27)29-17-18-33-31(21-29)30-11-3-4-12-32(30)34-33/h3-22H,1-2H3. The molecule has 0 saturated carbocycles. The summed E-state index contributed by atoms with van der Waals surface area (Å²) in [5.41, 5.74) is 10.6. The van der Waals surface area contributed by atoms with Crippen LogP contribution in [0.25, 0.3) is 55.3 Å². The van der Waals surface area contributed by atoms with Crippen LogP contribution in [0.5, 0.6) is 0 Å². The van der Waals surface area contributed by atoms with Crippen LogP contribution in [-0.4, -0.2) is 0 Å². The Kier molecular flexibility index (Phi) is 5.04. The maximum absolute atomic E-state index is 6.01. The van der Waals surface area contributed by atoms with Gasteiger partial charge in [-0.3, -0.25) is 0 Å². The van der Waals surface area contributed by atoms with Gasteiger partial charge in [0.2, 0.25) is 0 Å². The van der Waals surface area contributed by atoms with Crippen LogP contribution in [0.2, 0.25) is 0 Å². The van der Waals surface area contributed by atoms with E-state index in [-0.39, 0.29) is 0 Å². The Hall–Kier alpha value is -4.10. The Balaban J connectivity index is 1.38. The average molecular weight is 439 g/mol. The van der Waals surface area contributed by atoms with Crippen LogP contribution in [0.4, 0.5) is 0 Å². The quantitative estimate of drug-likeness (QED) is 0.267. The third kappa shape index (κ3) is 3.70. The number of hydrogen-bond donors (Lipinski definition) is 0. The van der Waals surface area contributed by atoms with E-state index in [2.05, 4.69) is 117 Å². The van der Waals surface area contributed by atoms with Gasteiger partial charge in [0.05, 0.1) is 0 Å². The smallest absolute Gasteiger partial charge is 0.135 e. The minimum Gasteiger partial charge on any atom is -0.456 e. The van der Waals surface area contributed by atoms with Crippen LogP contribution >= 0.6 is 0 Å². The Morgan fingerprint density at radius 3 is 1.62 bits per heavy atom. The molecule has 5 aromatic carbocycles. The topological polar surface area (TPSA) is 13.1 Å². The molecule has 1 heteroatoms. The van der Waals surface area contributed by atoms with Crippen molar-refractivity contribution in [2.45, 2.75) is 19.8 Å². The van der Waals surface area contributed by atoms with Gasteiger partial charge in [0.15, 0.2) is 0 Å². The first-order valence-corrected chi connectivity index (χ1v) is 11.9. The lowest BCUT2D eigenvalue weighted by Crippen LogP contribution is -1.87. The number of benzene rings is 5. The van der Waals surface area contributed by atoms with E-state index in [1.165, 1.54) is 38.9 Å². The summed E-state index contributed by atoms with van der Waals surface area (Å²) >= 11 is 0. The predicted octanol–water partition coefficient (Wildman–Crippen LogP) is 9.71. The van der Waals surface area contributed by atoms with Gasteiger partial charge in [-0.05, 0) is 75.2 Å². The first-order valence-electron chi connectivity index (χ1n) is 11.9. The number of fused-ring (bicyclic) bond motifs is 3. The van der Waals surface area contributed by atoms with E-state index in [1.807, 2.05) is 12.1 Å². The van der Waals surface area contributed by atoms with Gasteiger partial charge < -0.3 is 4.42 Å². The Morgan fingerprint density at radius 2 is 0.971 bits per heavy atom. The summed E-state index contributed by atoms with van der Waals surface area (Å²) in [4.78, 5) is 0. The lowest BCUT2D eigenvalue weighted by Gasteiger charge is -2.10.